The third kappa shape index (κ3) is 42.8. The molecule has 0 aliphatic carbocycles. The van der Waals surface area contributed by atoms with Gasteiger partial charge >= 0.3 is 43.7 Å². The molecule has 32 valence electrons. The Morgan fingerprint density at radius 3 is 1.60 bits per heavy atom. The number of rotatable bonds is 0. The molecule has 0 bridgehead atoms. The standard InChI is InChI=1S/HO3P.Po.H/c1-4(2)3;;/h(H-,1,2,3);;/q;-1;/p+1. The average molecular weight is 291 g/mol. The van der Waals surface area contributed by atoms with Crippen LogP contribution in [0.3, 0.4) is 0 Å². The quantitative estimate of drug-likeness (QED) is 0.562. The summed E-state index contributed by atoms with van der Waals surface area (Å²) in [6.07, 6.45) is 0. The third-order valence-electron chi connectivity index (χ3n) is 0. The molecule has 3 nitrogen and oxygen atoms in total. The van der Waals surface area contributed by atoms with Gasteiger partial charge in [0.2, 0.25) is 0 Å². The van der Waals surface area contributed by atoms with Gasteiger partial charge in [-0.15, -0.1) is 0 Å². The Hall–Kier alpha value is 1.05. The van der Waals surface area contributed by atoms with Crippen molar-refractivity contribution in [3.05, 3.63) is 0 Å². The molecule has 0 saturated carbocycles. The fraction of sp³-hybridized carbons (Fsp3) is 0. The molecule has 5 heavy (non-hydrogen) atoms. The van der Waals surface area contributed by atoms with Gasteiger partial charge in [-0.05, 0) is 0 Å². The van der Waals surface area contributed by atoms with E-state index in [-0.39, 0.29) is 24.5 Å². The van der Waals surface area contributed by atoms with Crippen LogP contribution in [0.15, 0.2) is 0 Å². The Kier molecular flexibility index (Phi) is 2.01. The van der Waals surface area contributed by atoms with Gasteiger partial charge in [0.25, 0.3) is 0 Å². The van der Waals surface area contributed by atoms with Crippen LogP contribution < -0.4 is 0 Å². The molecule has 2 N–H and O–H groups in total. The van der Waals surface area contributed by atoms with Crippen LogP contribution in [0.4, 0.5) is 0 Å². The summed E-state index contributed by atoms with van der Waals surface area (Å²) in [5, 5.41) is 0. The van der Waals surface area contributed by atoms with Crippen molar-refractivity contribution in [3.63, 3.8) is 0 Å². The summed E-state index contributed by atoms with van der Waals surface area (Å²) in [7, 11) is 0. The van der Waals surface area contributed by atoms with E-state index in [1.54, 1.807) is 0 Å². The van der Waals surface area contributed by atoms with Gasteiger partial charge in [0, 0.05) is 0 Å². The van der Waals surface area contributed by atoms with Gasteiger partial charge in [-0.3, -0.25) is 0 Å². The van der Waals surface area contributed by atoms with Gasteiger partial charge in [0.15, 0.2) is 0 Å². The van der Waals surface area contributed by atoms with E-state index >= 15 is 0 Å². The van der Waals surface area contributed by atoms with E-state index in [1.807, 2.05) is 0 Å². The predicted molar refractivity (Wildman–Crippen MR) is 19.2 cm³/mol. The molecule has 0 heterocycles. The monoisotopic (exact) mass is 291 g/mol. The van der Waals surface area contributed by atoms with Gasteiger partial charge < -0.3 is 0 Å². The average Bonchev–Trinajstić information content (AvgIpc) is 0.722. The molecule has 0 spiro atoms. The predicted octanol–water partition coefficient (Wildman–Crippen LogP) is -1.02. The third-order valence-corrected chi connectivity index (χ3v) is 0. The van der Waals surface area contributed by atoms with Crippen LogP contribution in [-0.4, -0.2) is 34.3 Å². The van der Waals surface area contributed by atoms with Crippen molar-refractivity contribution in [2.24, 2.45) is 0 Å². The summed E-state index contributed by atoms with van der Waals surface area (Å²) in [5.41, 5.74) is 0. The second kappa shape index (κ2) is 1.66. The van der Waals surface area contributed by atoms with Crippen LogP contribution in [0.2, 0.25) is 0 Å². The van der Waals surface area contributed by atoms with Gasteiger partial charge in [-0.1, -0.05) is 0 Å². The zero-order valence-corrected chi connectivity index (χ0v) is 6.57. The Bertz CT molecular complexity index is 53.0. The maximum atomic E-state index is 9.38. The molecule has 0 atom stereocenters. The van der Waals surface area contributed by atoms with Gasteiger partial charge in [0.05, 0.1) is 0 Å². The summed E-state index contributed by atoms with van der Waals surface area (Å²) >= 11 is 0.150. The van der Waals surface area contributed by atoms with Crippen LogP contribution in [0.5, 0.6) is 0 Å². The SMILES string of the molecule is O=[P](O)(O)[PoH]. The van der Waals surface area contributed by atoms with Gasteiger partial charge in [0.1, 0.15) is 0 Å². The molecule has 0 aromatic rings. The topological polar surface area (TPSA) is 57.5 Å². The van der Waals surface area contributed by atoms with Crippen LogP contribution in [-0.2, 0) is 4.57 Å². The zero-order chi connectivity index (χ0) is 4.50. The van der Waals surface area contributed by atoms with Crippen LogP contribution in [0.1, 0.15) is 0 Å². The van der Waals surface area contributed by atoms with Crippen molar-refractivity contribution in [2.75, 3.05) is 0 Å². The van der Waals surface area contributed by atoms with Crippen molar-refractivity contribution in [1.29, 1.82) is 0 Å². The van der Waals surface area contributed by atoms with Crippen LogP contribution in [0.25, 0.3) is 0 Å². The van der Waals surface area contributed by atoms with Crippen molar-refractivity contribution >= 4 is 29.3 Å². The second-order valence-electron chi connectivity index (χ2n) is 0.513. The summed E-state index contributed by atoms with van der Waals surface area (Å²) in [4.78, 5) is 11.8. The molecule has 0 amide bonds. The van der Waals surface area contributed by atoms with E-state index in [0.717, 1.165) is 0 Å². The Morgan fingerprint density at radius 1 is 1.60 bits per heavy atom. The van der Waals surface area contributed by atoms with E-state index in [0.29, 0.717) is 0 Å². The first-order chi connectivity index (χ1) is 2.00. The molecule has 0 fully saturated rings. The number of hydrogen-bond acceptors (Lipinski definition) is 1. The second-order valence-corrected chi connectivity index (χ2v) is 7.62. The molecule has 0 aliphatic rings. The molecule has 0 aliphatic heterocycles. The summed E-state index contributed by atoms with van der Waals surface area (Å²) in [6, 6.07) is 0. The van der Waals surface area contributed by atoms with Gasteiger partial charge in [-0.25, -0.2) is 0 Å². The summed E-state index contributed by atoms with van der Waals surface area (Å²) in [5.74, 6) is 0. The van der Waals surface area contributed by atoms with Crippen molar-refractivity contribution in [2.45, 2.75) is 0 Å². The molecule has 0 aromatic heterocycles. The molecular weight excluding hydrogens is 288 g/mol. The van der Waals surface area contributed by atoms with E-state index in [1.165, 1.54) is 0 Å². The van der Waals surface area contributed by atoms with Gasteiger partial charge in [-0.2, -0.15) is 0 Å². The molecule has 5 heteroatoms. The van der Waals surface area contributed by atoms with Crippen molar-refractivity contribution in [3.8, 4) is 0 Å². The summed E-state index contributed by atoms with van der Waals surface area (Å²) < 4.78 is 9.38. The van der Waals surface area contributed by atoms with Crippen molar-refractivity contribution in [1.82, 2.24) is 0 Å². The molecule has 0 radical (unpaired) electrons. The maximum absolute atomic E-state index is 9.38. The van der Waals surface area contributed by atoms with Crippen molar-refractivity contribution < 1.29 is 14.4 Å². The molecule has 0 rings (SSSR count). The number of hydrogen-bond donors (Lipinski definition) is 2. The Labute approximate surface area is 43.9 Å². The fourth-order valence-electron chi connectivity index (χ4n) is 0. The molecular formula is H3O3PPo. The Balaban J connectivity index is 3.47. The normalized spacial score (nSPS) is 11.8. The first kappa shape index (κ1) is 6.05. The first-order valence-corrected chi connectivity index (χ1v) is 7.01. The molecule has 0 unspecified atom stereocenters. The van der Waals surface area contributed by atoms with E-state index in [2.05, 4.69) is 0 Å². The molecule has 0 saturated heterocycles. The summed E-state index contributed by atoms with van der Waals surface area (Å²) in [6.45, 7) is 0. The minimum absolute atomic E-state index is 0.150. The minimum atomic E-state index is -3.53. The van der Waals surface area contributed by atoms with E-state index in [4.69, 9.17) is 9.79 Å². The molecule has 0 aromatic carbocycles. The van der Waals surface area contributed by atoms with Crippen LogP contribution in [0, 0.1) is 0 Å². The fourth-order valence-corrected chi connectivity index (χ4v) is 0. The van der Waals surface area contributed by atoms with E-state index in [9.17, 15) is 4.57 Å². The van der Waals surface area contributed by atoms with E-state index < -0.39 is 4.83 Å². The Morgan fingerprint density at radius 2 is 1.60 bits per heavy atom. The first-order valence-electron chi connectivity index (χ1n) is 0.783. The zero-order valence-electron chi connectivity index (χ0n) is 2.20. The van der Waals surface area contributed by atoms with Crippen LogP contribution >= 0.6 is 4.83 Å².